The predicted molar refractivity (Wildman–Crippen MR) is 118 cm³/mol. The number of ether oxygens (including phenoxy) is 1. The molecule has 31 heavy (non-hydrogen) atoms. The van der Waals surface area contributed by atoms with Gasteiger partial charge < -0.3 is 15.2 Å². The van der Waals surface area contributed by atoms with Crippen molar-refractivity contribution in [1.29, 1.82) is 0 Å². The zero-order valence-electron chi connectivity index (χ0n) is 17.7. The third-order valence-electron chi connectivity index (χ3n) is 5.55. The molecular formula is C25H24N2O4. The molecule has 0 saturated carbocycles. The van der Waals surface area contributed by atoms with Gasteiger partial charge in [0.05, 0.1) is 12.8 Å². The highest BCUT2D eigenvalue weighted by atomic mass is 16.5. The summed E-state index contributed by atoms with van der Waals surface area (Å²) in [6.07, 6.45) is 0. The molecule has 0 aliphatic carbocycles. The van der Waals surface area contributed by atoms with Crippen molar-refractivity contribution in [1.82, 2.24) is 4.90 Å². The Hall–Kier alpha value is -3.64. The topological polar surface area (TPSA) is 78.9 Å². The van der Waals surface area contributed by atoms with Crippen LogP contribution in [0.15, 0.2) is 66.7 Å². The van der Waals surface area contributed by atoms with Gasteiger partial charge in [0.1, 0.15) is 12.3 Å². The Morgan fingerprint density at radius 2 is 1.71 bits per heavy atom. The standard InChI is InChI=1S/C25H24N2O4/c1-16-8-11-18(12-9-16)25(30)20-7-5-4-6-19(20)24(29)27(25)15-23(28)26-21-14-17(2)10-13-22(21)31-3/h4-14,30H,15H2,1-3H3,(H,26,28)/t25-/m1/s1. The number of hydrogen-bond donors (Lipinski definition) is 2. The number of hydrogen-bond acceptors (Lipinski definition) is 4. The Bertz CT molecular complexity index is 1160. The monoisotopic (exact) mass is 416 g/mol. The number of nitrogens with one attached hydrogen (secondary N) is 1. The maximum absolute atomic E-state index is 13.2. The lowest BCUT2D eigenvalue weighted by Crippen LogP contribution is -2.48. The van der Waals surface area contributed by atoms with E-state index in [1.807, 2.05) is 32.0 Å². The summed E-state index contributed by atoms with van der Waals surface area (Å²) in [5, 5.41) is 14.6. The van der Waals surface area contributed by atoms with Gasteiger partial charge in [-0.2, -0.15) is 0 Å². The molecule has 6 heteroatoms. The molecule has 0 aromatic heterocycles. The van der Waals surface area contributed by atoms with Crippen LogP contribution in [0.2, 0.25) is 0 Å². The number of amides is 2. The zero-order valence-corrected chi connectivity index (χ0v) is 17.7. The molecule has 1 aliphatic rings. The van der Waals surface area contributed by atoms with Crippen LogP contribution < -0.4 is 10.1 Å². The maximum atomic E-state index is 13.2. The average Bonchev–Trinajstić information content (AvgIpc) is 2.97. The summed E-state index contributed by atoms with van der Waals surface area (Å²) < 4.78 is 5.32. The van der Waals surface area contributed by atoms with Crippen molar-refractivity contribution in [2.45, 2.75) is 19.6 Å². The number of aryl methyl sites for hydroxylation is 2. The number of benzene rings is 3. The largest absolute Gasteiger partial charge is 0.495 e. The summed E-state index contributed by atoms with van der Waals surface area (Å²) in [6, 6.07) is 19.6. The first-order valence-electron chi connectivity index (χ1n) is 10.00. The van der Waals surface area contributed by atoms with Gasteiger partial charge in [-0.05, 0) is 37.6 Å². The first-order chi connectivity index (χ1) is 14.8. The Morgan fingerprint density at radius 1 is 1.03 bits per heavy atom. The van der Waals surface area contributed by atoms with Crippen LogP contribution >= 0.6 is 0 Å². The number of nitrogens with zero attached hydrogens (tertiary/aromatic N) is 1. The highest BCUT2D eigenvalue weighted by molar-refractivity contribution is 6.04. The molecule has 0 saturated heterocycles. The van der Waals surface area contributed by atoms with Crippen LogP contribution in [-0.4, -0.2) is 35.5 Å². The molecule has 3 aromatic carbocycles. The van der Waals surface area contributed by atoms with E-state index in [9.17, 15) is 14.7 Å². The first kappa shape index (κ1) is 20.6. The summed E-state index contributed by atoms with van der Waals surface area (Å²) in [7, 11) is 1.52. The lowest BCUT2D eigenvalue weighted by atomic mass is 9.93. The fourth-order valence-electron chi connectivity index (χ4n) is 3.95. The maximum Gasteiger partial charge on any atom is 0.257 e. The molecule has 158 valence electrons. The van der Waals surface area contributed by atoms with Crippen LogP contribution in [-0.2, 0) is 10.5 Å². The van der Waals surface area contributed by atoms with Crippen molar-refractivity contribution >= 4 is 17.5 Å². The van der Waals surface area contributed by atoms with Crippen LogP contribution in [0.1, 0.15) is 32.6 Å². The van der Waals surface area contributed by atoms with Crippen molar-refractivity contribution in [3.05, 3.63) is 94.5 Å². The van der Waals surface area contributed by atoms with Crippen molar-refractivity contribution in [2.75, 3.05) is 19.0 Å². The third kappa shape index (κ3) is 3.55. The van der Waals surface area contributed by atoms with Gasteiger partial charge in [0.15, 0.2) is 5.72 Å². The van der Waals surface area contributed by atoms with E-state index in [-0.39, 0.29) is 6.54 Å². The SMILES string of the molecule is COc1ccc(C)cc1NC(=O)CN1C(=O)c2ccccc2[C@]1(O)c1ccc(C)cc1. The van der Waals surface area contributed by atoms with Crippen LogP contribution in [0.5, 0.6) is 5.75 Å². The molecule has 0 unspecified atom stereocenters. The Balaban J connectivity index is 1.69. The Morgan fingerprint density at radius 3 is 2.42 bits per heavy atom. The quantitative estimate of drug-likeness (QED) is 0.666. The molecule has 2 amide bonds. The van der Waals surface area contributed by atoms with Crippen molar-refractivity contribution < 1.29 is 19.4 Å². The normalized spacial score (nSPS) is 17.4. The van der Waals surface area contributed by atoms with Crippen molar-refractivity contribution in [2.24, 2.45) is 0 Å². The average molecular weight is 416 g/mol. The van der Waals surface area contributed by atoms with E-state index in [2.05, 4.69) is 5.32 Å². The van der Waals surface area contributed by atoms with Gasteiger partial charge in [0.2, 0.25) is 5.91 Å². The highest BCUT2D eigenvalue weighted by Crippen LogP contribution is 2.42. The van der Waals surface area contributed by atoms with Gasteiger partial charge >= 0.3 is 0 Å². The summed E-state index contributed by atoms with van der Waals surface area (Å²) in [4.78, 5) is 27.3. The van der Waals surface area contributed by atoms with Crippen LogP contribution in [0, 0.1) is 13.8 Å². The lowest BCUT2D eigenvalue weighted by molar-refractivity contribution is -0.122. The second-order valence-corrected chi connectivity index (χ2v) is 7.73. The predicted octanol–water partition coefficient (Wildman–Crippen LogP) is 3.60. The molecule has 2 N–H and O–H groups in total. The van der Waals surface area contributed by atoms with Gasteiger partial charge in [-0.1, -0.05) is 54.1 Å². The van der Waals surface area contributed by atoms with Gasteiger partial charge in [0.25, 0.3) is 5.91 Å². The highest BCUT2D eigenvalue weighted by Gasteiger charge is 2.50. The fraction of sp³-hybridized carbons (Fsp3) is 0.200. The molecule has 3 aromatic rings. The van der Waals surface area contributed by atoms with Gasteiger partial charge in [-0.3, -0.25) is 14.5 Å². The summed E-state index contributed by atoms with van der Waals surface area (Å²) in [5.74, 6) is -0.315. The van der Waals surface area contributed by atoms with Crippen molar-refractivity contribution in [3.63, 3.8) is 0 Å². The van der Waals surface area contributed by atoms with E-state index in [4.69, 9.17) is 4.74 Å². The Labute approximate surface area is 181 Å². The Kier molecular flexibility index (Phi) is 5.25. The van der Waals surface area contributed by atoms with E-state index in [1.54, 1.807) is 48.5 Å². The number of rotatable bonds is 5. The van der Waals surface area contributed by atoms with E-state index < -0.39 is 17.5 Å². The summed E-state index contributed by atoms with van der Waals surface area (Å²) >= 11 is 0. The molecular weight excluding hydrogens is 392 g/mol. The number of fused-ring (bicyclic) bond motifs is 1. The number of anilines is 1. The fourth-order valence-corrected chi connectivity index (χ4v) is 3.95. The van der Waals surface area contributed by atoms with E-state index in [0.29, 0.717) is 28.1 Å². The molecule has 4 rings (SSSR count). The molecule has 0 radical (unpaired) electrons. The molecule has 6 nitrogen and oxygen atoms in total. The number of aliphatic hydroxyl groups is 1. The van der Waals surface area contributed by atoms with Gasteiger partial charge in [-0.25, -0.2) is 0 Å². The minimum atomic E-state index is -1.74. The molecule has 0 spiro atoms. The summed E-state index contributed by atoms with van der Waals surface area (Å²) in [5.41, 5.74) is 2.12. The lowest BCUT2D eigenvalue weighted by Gasteiger charge is -2.34. The summed E-state index contributed by atoms with van der Waals surface area (Å²) in [6.45, 7) is 3.53. The second kappa shape index (κ2) is 7.89. The van der Waals surface area contributed by atoms with Gasteiger partial charge in [-0.15, -0.1) is 0 Å². The minimum Gasteiger partial charge on any atom is -0.495 e. The zero-order chi connectivity index (χ0) is 22.2. The van der Waals surface area contributed by atoms with E-state index in [1.165, 1.54) is 12.0 Å². The molecule has 1 aliphatic heterocycles. The number of carbonyl (C=O) groups excluding carboxylic acids is 2. The number of carbonyl (C=O) groups is 2. The molecule has 1 heterocycles. The van der Waals surface area contributed by atoms with Crippen LogP contribution in [0.4, 0.5) is 5.69 Å². The van der Waals surface area contributed by atoms with E-state index in [0.717, 1.165) is 11.1 Å². The third-order valence-corrected chi connectivity index (χ3v) is 5.55. The van der Waals surface area contributed by atoms with Crippen molar-refractivity contribution in [3.8, 4) is 5.75 Å². The number of methoxy groups -OCH3 is 1. The molecule has 0 fully saturated rings. The van der Waals surface area contributed by atoms with Crippen LogP contribution in [0.25, 0.3) is 0 Å². The van der Waals surface area contributed by atoms with E-state index >= 15 is 0 Å². The van der Waals surface area contributed by atoms with Gasteiger partial charge in [0, 0.05) is 16.7 Å². The second-order valence-electron chi connectivity index (χ2n) is 7.73. The molecule has 1 atom stereocenters. The molecule has 0 bridgehead atoms. The van der Waals surface area contributed by atoms with Crippen LogP contribution in [0.3, 0.4) is 0 Å². The first-order valence-corrected chi connectivity index (χ1v) is 10.00. The minimum absolute atomic E-state index is 0.324. The smallest absolute Gasteiger partial charge is 0.257 e.